The fourth-order valence-electron chi connectivity index (χ4n) is 2.02. The van der Waals surface area contributed by atoms with E-state index in [9.17, 15) is 0 Å². The van der Waals surface area contributed by atoms with E-state index in [1.807, 2.05) is 0 Å². The van der Waals surface area contributed by atoms with Gasteiger partial charge < -0.3 is 5.32 Å². The van der Waals surface area contributed by atoms with E-state index in [1.54, 1.807) is 0 Å². The van der Waals surface area contributed by atoms with Gasteiger partial charge in [-0.25, -0.2) is 0 Å². The van der Waals surface area contributed by atoms with Crippen LogP contribution in [0.4, 0.5) is 0 Å². The van der Waals surface area contributed by atoms with Crippen LogP contribution >= 0.6 is 0 Å². The lowest BCUT2D eigenvalue weighted by molar-refractivity contribution is 0.438. The third-order valence-electron chi connectivity index (χ3n) is 2.99. The number of hydrogen-bond donors (Lipinski definition) is 1. The molecule has 1 nitrogen and oxygen atoms in total. The van der Waals surface area contributed by atoms with Crippen molar-refractivity contribution in [1.29, 1.82) is 0 Å². The van der Waals surface area contributed by atoms with Gasteiger partial charge in [-0.1, -0.05) is 44.2 Å². The second kappa shape index (κ2) is 7.09. The lowest BCUT2D eigenvalue weighted by Gasteiger charge is -2.24. The van der Waals surface area contributed by atoms with Crippen molar-refractivity contribution in [3.8, 4) is 12.3 Å². The first-order valence-corrected chi connectivity index (χ1v) is 6.01. The Labute approximate surface area is 99.3 Å². The summed E-state index contributed by atoms with van der Waals surface area (Å²) >= 11 is 0. The molecule has 0 saturated heterocycles. The molecule has 1 rings (SSSR count). The van der Waals surface area contributed by atoms with Crippen molar-refractivity contribution in [3.05, 3.63) is 35.9 Å². The molecule has 0 spiro atoms. The monoisotopic (exact) mass is 215 g/mol. The van der Waals surface area contributed by atoms with Crippen molar-refractivity contribution < 1.29 is 0 Å². The highest BCUT2D eigenvalue weighted by molar-refractivity contribution is 5.20. The van der Waals surface area contributed by atoms with Gasteiger partial charge in [0.25, 0.3) is 0 Å². The van der Waals surface area contributed by atoms with Crippen molar-refractivity contribution in [3.63, 3.8) is 0 Å². The Hall–Kier alpha value is -1.26. The van der Waals surface area contributed by atoms with E-state index < -0.39 is 0 Å². The van der Waals surface area contributed by atoms with Crippen LogP contribution in [-0.4, -0.2) is 12.6 Å². The fourth-order valence-corrected chi connectivity index (χ4v) is 2.02. The summed E-state index contributed by atoms with van der Waals surface area (Å²) in [7, 11) is 0. The van der Waals surface area contributed by atoms with E-state index in [-0.39, 0.29) is 0 Å². The van der Waals surface area contributed by atoms with E-state index in [0.29, 0.717) is 12.0 Å². The van der Waals surface area contributed by atoms with Gasteiger partial charge in [0, 0.05) is 12.5 Å². The molecule has 86 valence electrons. The van der Waals surface area contributed by atoms with Gasteiger partial charge in [0.1, 0.15) is 0 Å². The molecular weight excluding hydrogens is 194 g/mol. The molecule has 1 aromatic rings. The van der Waals surface area contributed by atoms with E-state index in [4.69, 9.17) is 6.42 Å². The third-order valence-corrected chi connectivity index (χ3v) is 2.99. The maximum Gasteiger partial charge on any atom is 0.0142 e. The number of rotatable bonds is 6. The van der Waals surface area contributed by atoms with Crippen molar-refractivity contribution in [2.45, 2.75) is 38.6 Å². The Morgan fingerprint density at radius 3 is 2.56 bits per heavy atom. The highest BCUT2D eigenvalue weighted by Crippen LogP contribution is 2.21. The maximum absolute atomic E-state index is 5.33. The molecule has 0 aliphatic carbocycles. The van der Waals surface area contributed by atoms with Gasteiger partial charge in [0.2, 0.25) is 0 Å². The van der Waals surface area contributed by atoms with E-state index in [2.05, 4.69) is 55.4 Å². The quantitative estimate of drug-likeness (QED) is 0.719. The van der Waals surface area contributed by atoms with Crippen LogP contribution in [0.15, 0.2) is 30.3 Å². The molecule has 0 aliphatic heterocycles. The lowest BCUT2D eigenvalue weighted by atomic mass is 9.90. The molecule has 0 aliphatic rings. The summed E-state index contributed by atoms with van der Waals surface area (Å²) in [6.45, 7) is 5.40. The molecule has 1 aromatic carbocycles. The standard InChI is InChI=1S/C15H21N/c1-4-6-12-15(16-5-2)13(3)14-10-8-7-9-11-14/h1,7-11,13,15-16H,5-6,12H2,2-3H3. The predicted molar refractivity (Wildman–Crippen MR) is 70.4 cm³/mol. The van der Waals surface area contributed by atoms with Crippen molar-refractivity contribution in [2.24, 2.45) is 0 Å². The van der Waals surface area contributed by atoms with E-state index in [1.165, 1.54) is 5.56 Å². The molecular formula is C15H21N. The van der Waals surface area contributed by atoms with Crippen molar-refractivity contribution in [1.82, 2.24) is 5.32 Å². The maximum atomic E-state index is 5.33. The average molecular weight is 215 g/mol. The third kappa shape index (κ3) is 3.72. The molecule has 0 aromatic heterocycles. The molecule has 0 bridgehead atoms. The van der Waals surface area contributed by atoms with Crippen LogP contribution < -0.4 is 5.32 Å². The zero-order valence-electron chi connectivity index (χ0n) is 10.2. The van der Waals surface area contributed by atoms with E-state index >= 15 is 0 Å². The van der Waals surface area contributed by atoms with Gasteiger partial charge in [-0.15, -0.1) is 12.3 Å². The summed E-state index contributed by atoms with van der Waals surface area (Å²) < 4.78 is 0. The molecule has 0 radical (unpaired) electrons. The summed E-state index contributed by atoms with van der Waals surface area (Å²) in [5.41, 5.74) is 1.38. The molecule has 0 heterocycles. The summed E-state index contributed by atoms with van der Waals surface area (Å²) in [5, 5.41) is 3.52. The van der Waals surface area contributed by atoms with E-state index in [0.717, 1.165) is 19.4 Å². The Kier molecular flexibility index (Phi) is 5.67. The summed E-state index contributed by atoms with van der Waals surface area (Å²) in [5.74, 6) is 3.23. The number of terminal acetylenes is 1. The highest BCUT2D eigenvalue weighted by Gasteiger charge is 2.16. The van der Waals surface area contributed by atoms with Crippen LogP contribution in [-0.2, 0) is 0 Å². The number of nitrogens with one attached hydrogen (secondary N) is 1. The van der Waals surface area contributed by atoms with Crippen LogP contribution in [0.5, 0.6) is 0 Å². The van der Waals surface area contributed by atoms with Gasteiger partial charge in [0.15, 0.2) is 0 Å². The van der Waals surface area contributed by atoms with Gasteiger partial charge in [0.05, 0.1) is 0 Å². The molecule has 1 heteroatoms. The minimum absolute atomic E-state index is 0.475. The number of benzene rings is 1. The SMILES string of the molecule is C#CCCC(NCC)C(C)c1ccccc1. The number of hydrogen-bond acceptors (Lipinski definition) is 1. The summed E-state index contributed by atoms with van der Waals surface area (Å²) in [6, 6.07) is 11.1. The molecule has 0 fully saturated rings. The summed E-state index contributed by atoms with van der Waals surface area (Å²) in [6.07, 6.45) is 7.22. The summed E-state index contributed by atoms with van der Waals surface area (Å²) in [4.78, 5) is 0. The van der Waals surface area contributed by atoms with Crippen molar-refractivity contribution in [2.75, 3.05) is 6.54 Å². The second-order valence-corrected chi connectivity index (χ2v) is 4.11. The van der Waals surface area contributed by atoms with Crippen LogP contribution in [0, 0.1) is 12.3 Å². The highest BCUT2D eigenvalue weighted by atomic mass is 14.9. The first-order valence-electron chi connectivity index (χ1n) is 6.01. The van der Waals surface area contributed by atoms with Crippen LogP contribution in [0.1, 0.15) is 38.2 Å². The normalized spacial score (nSPS) is 14.1. The Morgan fingerprint density at radius 1 is 1.31 bits per heavy atom. The zero-order chi connectivity index (χ0) is 11.8. The molecule has 0 saturated carbocycles. The first kappa shape index (κ1) is 12.8. The van der Waals surface area contributed by atoms with Crippen LogP contribution in [0.3, 0.4) is 0 Å². The van der Waals surface area contributed by atoms with Gasteiger partial charge >= 0.3 is 0 Å². The molecule has 16 heavy (non-hydrogen) atoms. The minimum Gasteiger partial charge on any atom is -0.314 e. The molecule has 2 unspecified atom stereocenters. The molecule has 0 amide bonds. The fraction of sp³-hybridized carbons (Fsp3) is 0.467. The zero-order valence-corrected chi connectivity index (χ0v) is 10.2. The smallest absolute Gasteiger partial charge is 0.0142 e. The first-order chi connectivity index (χ1) is 7.79. The Balaban J connectivity index is 2.67. The predicted octanol–water partition coefficient (Wildman–Crippen LogP) is 3.18. The van der Waals surface area contributed by atoms with Crippen LogP contribution in [0.25, 0.3) is 0 Å². The van der Waals surface area contributed by atoms with Gasteiger partial charge in [-0.05, 0) is 24.4 Å². The largest absolute Gasteiger partial charge is 0.314 e. The average Bonchev–Trinajstić information content (AvgIpc) is 2.35. The lowest BCUT2D eigenvalue weighted by Crippen LogP contribution is -2.33. The Morgan fingerprint density at radius 2 is 2.00 bits per heavy atom. The topological polar surface area (TPSA) is 12.0 Å². The van der Waals surface area contributed by atoms with Crippen LogP contribution in [0.2, 0.25) is 0 Å². The number of likely N-dealkylation sites (N-methyl/N-ethyl adjacent to an activating group) is 1. The molecule has 2 atom stereocenters. The second-order valence-electron chi connectivity index (χ2n) is 4.11. The van der Waals surface area contributed by atoms with Crippen molar-refractivity contribution >= 4 is 0 Å². The Bertz CT molecular complexity index is 323. The molecule has 1 N–H and O–H groups in total. The van der Waals surface area contributed by atoms with Gasteiger partial charge in [-0.2, -0.15) is 0 Å². The van der Waals surface area contributed by atoms with Gasteiger partial charge in [-0.3, -0.25) is 0 Å². The minimum atomic E-state index is 0.475.